The lowest BCUT2D eigenvalue weighted by Crippen LogP contribution is -2.56. The molecule has 1 amide bonds. The molecule has 1 aliphatic heterocycles. The molecular formula is C32H33ClN4O4S. The Morgan fingerprint density at radius 1 is 1.12 bits per heavy atom. The number of hydrogen-bond acceptors (Lipinski definition) is 7. The second kappa shape index (κ2) is 12.6. The zero-order valence-corrected chi connectivity index (χ0v) is 25.6. The minimum absolute atomic E-state index is 0.170. The van der Waals surface area contributed by atoms with Crippen molar-refractivity contribution in [3.05, 3.63) is 91.7 Å². The van der Waals surface area contributed by atoms with Crippen LogP contribution in [0.5, 0.6) is 0 Å². The standard InChI is InChI=1S/C32H33ClN4O4S/c1-5-20-8-7-9-21(6-2)28(20)37-19(3)24(30(38)36-15-14-34-26(17-36)32(40)41-4)16-25(31(37)39)29-35-27(18-42-29)22-10-12-23(33)13-11-22/h7-13,16,18,26,34H,5-6,14-15,17H2,1-4H3/t26-/m1/s1. The van der Waals surface area contributed by atoms with Gasteiger partial charge in [0.05, 0.1) is 29.6 Å². The summed E-state index contributed by atoms with van der Waals surface area (Å²) in [6.45, 7) is 6.97. The van der Waals surface area contributed by atoms with Crippen molar-refractivity contribution < 1.29 is 14.3 Å². The van der Waals surface area contributed by atoms with Crippen molar-refractivity contribution in [2.45, 2.75) is 39.7 Å². The van der Waals surface area contributed by atoms with E-state index in [2.05, 4.69) is 19.2 Å². The van der Waals surface area contributed by atoms with Gasteiger partial charge in [0.25, 0.3) is 11.5 Å². The fraction of sp³-hybridized carbons (Fsp3) is 0.312. The quantitative estimate of drug-likeness (QED) is 0.288. The summed E-state index contributed by atoms with van der Waals surface area (Å²) >= 11 is 7.43. The molecule has 4 aromatic rings. The molecule has 0 saturated carbocycles. The zero-order valence-electron chi connectivity index (χ0n) is 24.1. The zero-order chi connectivity index (χ0) is 30.0. The first-order valence-corrected chi connectivity index (χ1v) is 15.2. The Bertz CT molecular complexity index is 1670. The van der Waals surface area contributed by atoms with Gasteiger partial charge in [0.2, 0.25) is 0 Å². The van der Waals surface area contributed by atoms with E-state index in [0.29, 0.717) is 39.9 Å². The van der Waals surface area contributed by atoms with E-state index in [1.165, 1.54) is 18.4 Å². The van der Waals surface area contributed by atoms with Crippen LogP contribution < -0.4 is 10.9 Å². The third-order valence-corrected chi connectivity index (χ3v) is 8.82. The Morgan fingerprint density at radius 3 is 2.45 bits per heavy atom. The third-order valence-electron chi connectivity index (χ3n) is 7.69. The molecule has 0 unspecified atom stereocenters. The third kappa shape index (κ3) is 5.64. The molecule has 0 aliphatic carbocycles. The van der Waals surface area contributed by atoms with Gasteiger partial charge < -0.3 is 15.0 Å². The SMILES string of the molecule is CCc1cccc(CC)c1-n1c(C)c(C(=O)N2CCN[C@@H](C(=O)OC)C2)cc(-c2nc(-c3ccc(Cl)cc3)cs2)c1=O. The number of aryl methyl sites for hydroxylation is 2. The van der Waals surface area contributed by atoms with Crippen LogP contribution in [0.2, 0.25) is 5.02 Å². The maximum Gasteiger partial charge on any atom is 0.324 e. The number of piperazine rings is 1. The fourth-order valence-electron chi connectivity index (χ4n) is 5.40. The van der Waals surface area contributed by atoms with E-state index in [0.717, 1.165) is 40.9 Å². The summed E-state index contributed by atoms with van der Waals surface area (Å²) in [6.07, 6.45) is 1.44. The van der Waals surface area contributed by atoms with Gasteiger partial charge in [-0.1, -0.05) is 55.8 Å². The molecule has 42 heavy (non-hydrogen) atoms. The highest BCUT2D eigenvalue weighted by molar-refractivity contribution is 7.13. The van der Waals surface area contributed by atoms with Gasteiger partial charge in [-0.2, -0.15) is 0 Å². The number of hydrogen-bond donors (Lipinski definition) is 1. The van der Waals surface area contributed by atoms with E-state index in [-0.39, 0.29) is 18.0 Å². The number of carbonyl (C=O) groups is 2. The molecule has 10 heteroatoms. The van der Waals surface area contributed by atoms with Crippen LogP contribution >= 0.6 is 22.9 Å². The molecule has 1 N–H and O–H groups in total. The summed E-state index contributed by atoms with van der Waals surface area (Å²) in [7, 11) is 1.33. The van der Waals surface area contributed by atoms with Crippen molar-refractivity contribution >= 4 is 34.8 Å². The smallest absolute Gasteiger partial charge is 0.324 e. The molecule has 0 radical (unpaired) electrons. The van der Waals surface area contributed by atoms with Crippen LogP contribution in [0, 0.1) is 6.92 Å². The van der Waals surface area contributed by atoms with Gasteiger partial charge in [-0.05, 0) is 49.1 Å². The number of ether oxygens (including phenoxy) is 1. The fourth-order valence-corrected chi connectivity index (χ4v) is 6.36. The van der Waals surface area contributed by atoms with Crippen LogP contribution in [-0.4, -0.2) is 59.1 Å². The lowest BCUT2D eigenvalue weighted by Gasteiger charge is -2.33. The van der Waals surface area contributed by atoms with Gasteiger partial charge in [0.1, 0.15) is 11.0 Å². The number of nitrogens with zero attached hydrogens (tertiary/aromatic N) is 3. The van der Waals surface area contributed by atoms with Gasteiger partial charge in [0, 0.05) is 41.3 Å². The summed E-state index contributed by atoms with van der Waals surface area (Å²) in [4.78, 5) is 47.2. The molecular weight excluding hydrogens is 572 g/mol. The van der Waals surface area contributed by atoms with Crippen molar-refractivity contribution in [2.75, 3.05) is 26.7 Å². The Labute approximate surface area is 253 Å². The second-order valence-electron chi connectivity index (χ2n) is 10.2. The number of aromatic nitrogens is 2. The molecule has 0 spiro atoms. The van der Waals surface area contributed by atoms with E-state index in [1.54, 1.807) is 27.7 Å². The number of benzene rings is 2. The number of halogens is 1. The van der Waals surface area contributed by atoms with Crippen LogP contribution in [-0.2, 0) is 22.4 Å². The molecule has 1 fully saturated rings. The van der Waals surface area contributed by atoms with Crippen LogP contribution in [0.4, 0.5) is 0 Å². The van der Waals surface area contributed by atoms with Crippen LogP contribution in [0.3, 0.4) is 0 Å². The predicted octanol–water partition coefficient (Wildman–Crippen LogP) is 5.30. The molecule has 3 heterocycles. The number of para-hydroxylation sites is 1. The number of nitrogens with one attached hydrogen (secondary N) is 1. The minimum atomic E-state index is -0.619. The molecule has 8 nitrogen and oxygen atoms in total. The summed E-state index contributed by atoms with van der Waals surface area (Å²) < 4.78 is 6.60. The highest BCUT2D eigenvalue weighted by Crippen LogP contribution is 2.31. The number of pyridine rings is 1. The Hall–Kier alpha value is -3.79. The van der Waals surface area contributed by atoms with Crippen LogP contribution in [0.25, 0.3) is 27.5 Å². The van der Waals surface area contributed by atoms with Gasteiger partial charge >= 0.3 is 5.97 Å². The average molecular weight is 605 g/mol. The molecule has 218 valence electrons. The van der Waals surface area contributed by atoms with Crippen molar-refractivity contribution in [1.82, 2.24) is 19.8 Å². The first-order chi connectivity index (χ1) is 20.3. The summed E-state index contributed by atoms with van der Waals surface area (Å²) in [5.74, 6) is -0.670. The largest absolute Gasteiger partial charge is 0.468 e. The minimum Gasteiger partial charge on any atom is -0.468 e. The summed E-state index contributed by atoms with van der Waals surface area (Å²) in [5.41, 5.74) is 5.50. The molecule has 1 aliphatic rings. The number of methoxy groups -OCH3 is 1. The van der Waals surface area contributed by atoms with Gasteiger partial charge in [0.15, 0.2) is 0 Å². The molecule has 1 atom stereocenters. The van der Waals surface area contributed by atoms with Gasteiger partial charge in [-0.15, -0.1) is 11.3 Å². The normalized spacial score (nSPS) is 15.1. The number of carbonyl (C=O) groups excluding carboxylic acids is 2. The number of rotatable bonds is 7. The molecule has 0 bridgehead atoms. The van der Waals surface area contributed by atoms with E-state index in [9.17, 15) is 14.4 Å². The molecule has 5 rings (SSSR count). The lowest BCUT2D eigenvalue weighted by molar-refractivity contribution is -0.144. The highest BCUT2D eigenvalue weighted by Gasteiger charge is 2.31. The maximum atomic E-state index is 14.4. The molecule has 1 saturated heterocycles. The Morgan fingerprint density at radius 2 is 1.81 bits per heavy atom. The van der Waals surface area contributed by atoms with Crippen LogP contribution in [0.1, 0.15) is 41.0 Å². The number of esters is 1. The maximum absolute atomic E-state index is 14.4. The van der Waals surface area contributed by atoms with E-state index < -0.39 is 12.0 Å². The van der Waals surface area contributed by atoms with Crippen LogP contribution in [0.15, 0.2) is 58.7 Å². The monoisotopic (exact) mass is 604 g/mol. The number of thiazole rings is 1. The van der Waals surface area contributed by atoms with Crippen molar-refractivity contribution in [1.29, 1.82) is 0 Å². The first-order valence-electron chi connectivity index (χ1n) is 14.0. The average Bonchev–Trinajstić information content (AvgIpc) is 3.51. The highest BCUT2D eigenvalue weighted by atomic mass is 35.5. The van der Waals surface area contributed by atoms with E-state index in [1.807, 2.05) is 42.6 Å². The summed E-state index contributed by atoms with van der Waals surface area (Å²) in [6, 6.07) is 14.5. The van der Waals surface area contributed by atoms with Crippen molar-refractivity contribution in [2.24, 2.45) is 0 Å². The lowest BCUT2D eigenvalue weighted by atomic mass is 10.0. The molecule has 2 aromatic carbocycles. The van der Waals surface area contributed by atoms with Gasteiger partial charge in [-0.25, -0.2) is 4.98 Å². The van der Waals surface area contributed by atoms with E-state index in [4.69, 9.17) is 21.3 Å². The van der Waals surface area contributed by atoms with E-state index >= 15 is 0 Å². The summed E-state index contributed by atoms with van der Waals surface area (Å²) in [5, 5.41) is 6.17. The number of amides is 1. The van der Waals surface area contributed by atoms with Crippen molar-refractivity contribution in [3.8, 4) is 27.5 Å². The Balaban J connectivity index is 1.70. The Kier molecular flexibility index (Phi) is 8.91. The van der Waals surface area contributed by atoms with Crippen molar-refractivity contribution in [3.63, 3.8) is 0 Å². The first kappa shape index (κ1) is 29.7. The van der Waals surface area contributed by atoms with Gasteiger partial charge in [-0.3, -0.25) is 19.0 Å². The second-order valence-corrected chi connectivity index (χ2v) is 11.5. The molecule has 2 aromatic heterocycles. The predicted molar refractivity (Wildman–Crippen MR) is 167 cm³/mol. The topological polar surface area (TPSA) is 93.5 Å².